The minimum Gasteiger partial charge on any atom is -0.384 e. The van der Waals surface area contributed by atoms with E-state index < -0.39 is 16.8 Å². The molecule has 1 heterocycles. The van der Waals surface area contributed by atoms with Crippen molar-refractivity contribution in [2.45, 2.75) is 58.3 Å². The molecule has 4 heteroatoms. The Morgan fingerprint density at radius 3 is 1.79 bits per heavy atom. The van der Waals surface area contributed by atoms with Crippen LogP contribution in [0.5, 0.6) is 0 Å². The maximum absolute atomic E-state index is 9.93. The lowest BCUT2D eigenvalue weighted by molar-refractivity contribution is -0.189. The Labute approximate surface area is 85.2 Å². The highest BCUT2D eigenvalue weighted by molar-refractivity contribution is 6.00. The van der Waals surface area contributed by atoms with Crippen LogP contribution in [-0.2, 0) is 0 Å². The van der Waals surface area contributed by atoms with E-state index >= 15 is 0 Å². The standard InChI is InChI=1S/C10H20N2O2/c1-8(2)7(9(3,4)13)11-10(5,6)12(8)14/h13-14H,1-6H3. The first-order valence-electron chi connectivity index (χ1n) is 4.82. The molecule has 82 valence electrons. The van der Waals surface area contributed by atoms with Crippen LogP contribution in [0.15, 0.2) is 4.99 Å². The molecule has 0 aromatic heterocycles. The molecule has 0 bridgehead atoms. The fraction of sp³-hybridized carbons (Fsp3) is 0.900. The molecule has 0 fully saturated rings. The van der Waals surface area contributed by atoms with Crippen molar-refractivity contribution in [3.05, 3.63) is 0 Å². The van der Waals surface area contributed by atoms with Gasteiger partial charge in [-0.25, -0.2) is 0 Å². The van der Waals surface area contributed by atoms with Gasteiger partial charge in [0.05, 0.1) is 16.9 Å². The Bertz CT molecular complexity index is 274. The van der Waals surface area contributed by atoms with Crippen molar-refractivity contribution in [3.63, 3.8) is 0 Å². The van der Waals surface area contributed by atoms with Gasteiger partial charge in [0.15, 0.2) is 0 Å². The van der Waals surface area contributed by atoms with Crippen LogP contribution in [0.3, 0.4) is 0 Å². The lowest BCUT2D eigenvalue weighted by atomic mass is 9.87. The first-order chi connectivity index (χ1) is 5.99. The molecule has 0 saturated heterocycles. The highest BCUT2D eigenvalue weighted by atomic mass is 16.5. The van der Waals surface area contributed by atoms with E-state index in [9.17, 15) is 10.3 Å². The van der Waals surface area contributed by atoms with E-state index in [4.69, 9.17) is 0 Å². The highest BCUT2D eigenvalue weighted by Crippen LogP contribution is 2.36. The van der Waals surface area contributed by atoms with Gasteiger partial charge in [0.2, 0.25) is 0 Å². The Morgan fingerprint density at radius 1 is 1.21 bits per heavy atom. The SMILES string of the molecule is CC(C)(O)C1=NC(C)(C)N(O)C1(C)C. The van der Waals surface area contributed by atoms with Gasteiger partial charge in [-0.15, -0.1) is 0 Å². The summed E-state index contributed by atoms with van der Waals surface area (Å²) in [5, 5.41) is 21.0. The Hall–Kier alpha value is -0.450. The summed E-state index contributed by atoms with van der Waals surface area (Å²) in [6.45, 7) is 10.7. The van der Waals surface area contributed by atoms with E-state index in [-0.39, 0.29) is 0 Å². The van der Waals surface area contributed by atoms with Crippen molar-refractivity contribution in [1.82, 2.24) is 5.06 Å². The van der Waals surface area contributed by atoms with Gasteiger partial charge in [-0.05, 0) is 41.5 Å². The molecule has 0 saturated carbocycles. The zero-order valence-electron chi connectivity index (χ0n) is 9.79. The molecule has 1 aliphatic heterocycles. The zero-order chi connectivity index (χ0) is 11.4. The molecule has 1 aliphatic rings. The topological polar surface area (TPSA) is 56.1 Å². The number of hydrogen-bond donors (Lipinski definition) is 2. The van der Waals surface area contributed by atoms with Gasteiger partial charge in [0.1, 0.15) is 5.66 Å². The third kappa shape index (κ3) is 1.58. The Kier molecular flexibility index (Phi) is 2.31. The summed E-state index contributed by atoms with van der Waals surface area (Å²) in [5.74, 6) is 0. The molecule has 0 spiro atoms. The molecule has 0 aliphatic carbocycles. The molecule has 0 radical (unpaired) electrons. The molecule has 0 unspecified atom stereocenters. The van der Waals surface area contributed by atoms with Crippen molar-refractivity contribution < 1.29 is 10.3 Å². The van der Waals surface area contributed by atoms with E-state index in [1.54, 1.807) is 13.8 Å². The van der Waals surface area contributed by atoms with Gasteiger partial charge >= 0.3 is 0 Å². The second kappa shape index (κ2) is 2.78. The van der Waals surface area contributed by atoms with E-state index in [0.717, 1.165) is 0 Å². The number of aliphatic imine (C=N–C) groups is 1. The molecular formula is C10H20N2O2. The highest BCUT2D eigenvalue weighted by Gasteiger charge is 2.51. The van der Waals surface area contributed by atoms with Crippen molar-refractivity contribution in [2.75, 3.05) is 0 Å². The maximum Gasteiger partial charge on any atom is 0.130 e. The number of nitrogens with zero attached hydrogens (tertiary/aromatic N) is 2. The zero-order valence-corrected chi connectivity index (χ0v) is 9.79. The normalized spacial score (nSPS) is 26.4. The van der Waals surface area contributed by atoms with Crippen molar-refractivity contribution in [3.8, 4) is 0 Å². The number of rotatable bonds is 1. The van der Waals surface area contributed by atoms with Crippen LogP contribution in [0, 0.1) is 0 Å². The summed E-state index contributed by atoms with van der Waals surface area (Å²) < 4.78 is 0. The molecule has 4 nitrogen and oxygen atoms in total. The minimum atomic E-state index is -1.00. The van der Waals surface area contributed by atoms with Gasteiger partial charge in [0, 0.05) is 0 Å². The molecule has 2 N–H and O–H groups in total. The second-order valence-electron chi connectivity index (χ2n) is 5.38. The van der Waals surface area contributed by atoms with Gasteiger partial charge < -0.3 is 10.3 Å². The fourth-order valence-electron chi connectivity index (χ4n) is 2.13. The van der Waals surface area contributed by atoms with Crippen LogP contribution >= 0.6 is 0 Å². The number of hydrogen-bond acceptors (Lipinski definition) is 4. The smallest absolute Gasteiger partial charge is 0.130 e. The summed E-state index contributed by atoms with van der Waals surface area (Å²) in [6, 6.07) is 0. The average Bonchev–Trinajstić information content (AvgIpc) is 2.10. The molecular weight excluding hydrogens is 180 g/mol. The average molecular weight is 200 g/mol. The minimum absolute atomic E-state index is 0.609. The second-order valence-corrected chi connectivity index (χ2v) is 5.38. The largest absolute Gasteiger partial charge is 0.384 e. The maximum atomic E-state index is 9.93. The predicted molar refractivity (Wildman–Crippen MR) is 55.5 cm³/mol. The van der Waals surface area contributed by atoms with Gasteiger partial charge in [0.25, 0.3) is 0 Å². The first kappa shape index (κ1) is 11.6. The third-order valence-electron chi connectivity index (χ3n) is 2.59. The van der Waals surface area contributed by atoms with Crippen molar-refractivity contribution >= 4 is 5.71 Å². The quantitative estimate of drug-likeness (QED) is 0.673. The molecule has 0 amide bonds. The molecule has 0 aromatic carbocycles. The number of aliphatic hydroxyl groups is 1. The first-order valence-corrected chi connectivity index (χ1v) is 4.82. The Balaban J connectivity index is 3.20. The summed E-state index contributed by atoms with van der Waals surface area (Å²) in [7, 11) is 0. The molecule has 0 aromatic rings. The summed E-state index contributed by atoms with van der Waals surface area (Å²) in [4.78, 5) is 4.37. The van der Waals surface area contributed by atoms with Crippen LogP contribution in [0.1, 0.15) is 41.5 Å². The monoisotopic (exact) mass is 200 g/mol. The fourth-order valence-corrected chi connectivity index (χ4v) is 2.13. The number of hydroxylamine groups is 2. The van der Waals surface area contributed by atoms with Crippen LogP contribution in [0.4, 0.5) is 0 Å². The van der Waals surface area contributed by atoms with Gasteiger partial charge in [-0.2, -0.15) is 5.06 Å². The predicted octanol–water partition coefficient (Wildman–Crippen LogP) is 1.42. The lowest BCUT2D eigenvalue weighted by Crippen LogP contribution is -2.54. The lowest BCUT2D eigenvalue weighted by Gasteiger charge is -2.36. The van der Waals surface area contributed by atoms with Crippen molar-refractivity contribution in [2.24, 2.45) is 4.99 Å². The Morgan fingerprint density at radius 2 is 1.64 bits per heavy atom. The summed E-state index contributed by atoms with van der Waals surface area (Å²) >= 11 is 0. The van der Waals surface area contributed by atoms with Crippen LogP contribution < -0.4 is 0 Å². The van der Waals surface area contributed by atoms with Gasteiger partial charge in [-0.1, -0.05) is 0 Å². The molecule has 14 heavy (non-hydrogen) atoms. The summed E-state index contributed by atoms with van der Waals surface area (Å²) in [6.07, 6.45) is 0. The third-order valence-corrected chi connectivity index (χ3v) is 2.59. The van der Waals surface area contributed by atoms with E-state index in [1.807, 2.05) is 27.7 Å². The van der Waals surface area contributed by atoms with E-state index in [0.29, 0.717) is 5.71 Å². The van der Waals surface area contributed by atoms with Crippen LogP contribution in [0.2, 0.25) is 0 Å². The van der Waals surface area contributed by atoms with Crippen LogP contribution in [-0.4, -0.2) is 37.9 Å². The van der Waals surface area contributed by atoms with Crippen molar-refractivity contribution in [1.29, 1.82) is 0 Å². The van der Waals surface area contributed by atoms with Gasteiger partial charge in [-0.3, -0.25) is 4.99 Å². The summed E-state index contributed by atoms with van der Waals surface area (Å²) in [5.41, 5.74) is -1.68. The molecule has 0 atom stereocenters. The molecule has 1 rings (SSSR count). The van der Waals surface area contributed by atoms with Crippen LogP contribution in [0.25, 0.3) is 0 Å². The van der Waals surface area contributed by atoms with E-state index in [1.165, 1.54) is 5.06 Å². The van der Waals surface area contributed by atoms with E-state index in [2.05, 4.69) is 4.99 Å².